The molecule has 1 atom stereocenters. The van der Waals surface area contributed by atoms with E-state index in [1.165, 1.54) is 21.2 Å². The van der Waals surface area contributed by atoms with Crippen LogP contribution in [0.5, 0.6) is 0 Å². The summed E-state index contributed by atoms with van der Waals surface area (Å²) in [4.78, 5) is 4.50. The highest BCUT2D eigenvalue weighted by Gasteiger charge is 2.12. The first-order chi connectivity index (χ1) is 9.78. The van der Waals surface area contributed by atoms with Gasteiger partial charge in [-0.25, -0.2) is 0 Å². The number of aryl methyl sites for hydroxylation is 1. The molecule has 0 aliphatic carbocycles. The van der Waals surface area contributed by atoms with E-state index < -0.39 is 0 Å². The number of fused-ring (bicyclic) bond motifs is 1. The number of aromatic nitrogens is 1. The van der Waals surface area contributed by atoms with Gasteiger partial charge in [0.15, 0.2) is 0 Å². The number of nitrogens with two attached hydrogens (primary N) is 1. The molecule has 0 amide bonds. The van der Waals surface area contributed by atoms with Crippen molar-refractivity contribution >= 4 is 21.4 Å². The molecule has 0 aliphatic heterocycles. The quantitative estimate of drug-likeness (QED) is 0.782. The maximum atomic E-state index is 6.37. The predicted octanol–water partition coefficient (Wildman–Crippen LogP) is 4.10. The topological polar surface area (TPSA) is 38.9 Å². The second-order valence-corrected chi connectivity index (χ2v) is 5.92. The molecule has 0 bridgehead atoms. The minimum absolute atomic E-state index is 0.00567. The number of rotatable bonds is 4. The fourth-order valence-electron chi connectivity index (χ4n) is 2.41. The van der Waals surface area contributed by atoms with Gasteiger partial charge in [-0.15, -0.1) is 11.3 Å². The van der Waals surface area contributed by atoms with Crippen molar-refractivity contribution in [1.29, 1.82) is 0 Å². The molecule has 3 aromatic rings. The Bertz CT molecular complexity index is 700. The third kappa shape index (κ3) is 2.60. The van der Waals surface area contributed by atoms with Gasteiger partial charge in [-0.1, -0.05) is 31.2 Å². The predicted molar refractivity (Wildman–Crippen MR) is 86.1 cm³/mol. The lowest BCUT2D eigenvalue weighted by Crippen LogP contribution is -2.13. The normalized spacial score (nSPS) is 12.7. The zero-order valence-electron chi connectivity index (χ0n) is 11.5. The van der Waals surface area contributed by atoms with E-state index in [4.69, 9.17) is 5.73 Å². The lowest BCUT2D eigenvalue weighted by atomic mass is 10.0. The minimum atomic E-state index is 0.00567. The van der Waals surface area contributed by atoms with E-state index >= 15 is 0 Å². The van der Waals surface area contributed by atoms with Crippen LogP contribution in [0.4, 0.5) is 0 Å². The van der Waals surface area contributed by atoms with Gasteiger partial charge in [0.25, 0.3) is 0 Å². The van der Waals surface area contributed by atoms with Crippen LogP contribution in [0.2, 0.25) is 0 Å². The molecule has 102 valence electrons. The molecule has 1 aromatic carbocycles. The standard InChI is InChI=1S/C17H18N2S/c1-2-12-7-8-13(19-10-12)9-16(18)15-11-20-17-6-4-3-5-14(15)17/h3-8,10-11,16H,2,9,18H2,1H3. The molecule has 0 radical (unpaired) electrons. The van der Waals surface area contributed by atoms with Gasteiger partial charge in [0.2, 0.25) is 0 Å². The van der Waals surface area contributed by atoms with Crippen LogP contribution in [-0.4, -0.2) is 4.98 Å². The first kappa shape index (κ1) is 13.3. The third-order valence-electron chi connectivity index (χ3n) is 3.63. The van der Waals surface area contributed by atoms with Gasteiger partial charge in [0, 0.05) is 29.1 Å². The number of nitrogens with zero attached hydrogens (tertiary/aromatic N) is 1. The Morgan fingerprint density at radius 3 is 2.80 bits per heavy atom. The Hall–Kier alpha value is -1.71. The Morgan fingerprint density at radius 1 is 1.20 bits per heavy atom. The van der Waals surface area contributed by atoms with Crippen LogP contribution in [0.1, 0.15) is 29.8 Å². The van der Waals surface area contributed by atoms with Crippen molar-refractivity contribution in [3.63, 3.8) is 0 Å². The lowest BCUT2D eigenvalue weighted by Gasteiger charge is -2.11. The molecule has 2 heterocycles. The van der Waals surface area contributed by atoms with Gasteiger partial charge in [-0.2, -0.15) is 0 Å². The fourth-order valence-corrected chi connectivity index (χ4v) is 3.43. The SMILES string of the molecule is CCc1ccc(CC(N)c2csc3ccccc23)nc1. The minimum Gasteiger partial charge on any atom is -0.324 e. The number of hydrogen-bond donors (Lipinski definition) is 1. The summed E-state index contributed by atoms with van der Waals surface area (Å²) in [6, 6.07) is 12.7. The van der Waals surface area contributed by atoms with Gasteiger partial charge in [0.05, 0.1) is 0 Å². The number of hydrogen-bond acceptors (Lipinski definition) is 3. The van der Waals surface area contributed by atoms with Crippen LogP contribution in [0, 0.1) is 0 Å². The monoisotopic (exact) mass is 282 g/mol. The van der Waals surface area contributed by atoms with Gasteiger partial charge in [-0.3, -0.25) is 4.98 Å². The molecule has 0 fully saturated rings. The zero-order valence-corrected chi connectivity index (χ0v) is 12.4. The van der Waals surface area contributed by atoms with Crippen molar-refractivity contribution < 1.29 is 0 Å². The molecular formula is C17H18N2S. The Morgan fingerprint density at radius 2 is 2.05 bits per heavy atom. The summed E-state index contributed by atoms with van der Waals surface area (Å²) < 4.78 is 1.30. The van der Waals surface area contributed by atoms with Crippen molar-refractivity contribution in [3.05, 3.63) is 64.8 Å². The molecular weight excluding hydrogens is 264 g/mol. The second-order valence-electron chi connectivity index (χ2n) is 5.01. The summed E-state index contributed by atoms with van der Waals surface area (Å²) in [6.07, 6.45) is 3.76. The van der Waals surface area contributed by atoms with E-state index in [1.54, 1.807) is 11.3 Å². The number of pyridine rings is 1. The number of thiophene rings is 1. The van der Waals surface area contributed by atoms with Crippen molar-refractivity contribution in [2.75, 3.05) is 0 Å². The zero-order chi connectivity index (χ0) is 13.9. The highest BCUT2D eigenvalue weighted by molar-refractivity contribution is 7.17. The van der Waals surface area contributed by atoms with E-state index in [1.807, 2.05) is 6.20 Å². The van der Waals surface area contributed by atoms with Gasteiger partial charge < -0.3 is 5.73 Å². The molecule has 20 heavy (non-hydrogen) atoms. The first-order valence-electron chi connectivity index (χ1n) is 6.93. The summed E-state index contributed by atoms with van der Waals surface area (Å²) >= 11 is 1.76. The fraction of sp³-hybridized carbons (Fsp3) is 0.235. The van der Waals surface area contributed by atoms with E-state index in [0.29, 0.717) is 0 Å². The molecule has 0 spiro atoms. The molecule has 3 heteroatoms. The van der Waals surface area contributed by atoms with Gasteiger partial charge in [-0.05, 0) is 40.4 Å². The van der Waals surface area contributed by atoms with Crippen molar-refractivity contribution in [2.24, 2.45) is 5.73 Å². The molecule has 2 nitrogen and oxygen atoms in total. The Labute approximate surface area is 123 Å². The molecule has 3 rings (SSSR count). The molecule has 1 unspecified atom stereocenters. The summed E-state index contributed by atoms with van der Waals surface area (Å²) in [6.45, 7) is 2.14. The van der Waals surface area contributed by atoms with Crippen LogP contribution >= 0.6 is 11.3 Å². The molecule has 0 saturated heterocycles. The van der Waals surface area contributed by atoms with E-state index in [0.717, 1.165) is 18.5 Å². The average Bonchev–Trinajstić information content (AvgIpc) is 2.92. The van der Waals surface area contributed by atoms with Crippen LogP contribution in [0.25, 0.3) is 10.1 Å². The van der Waals surface area contributed by atoms with E-state index in [9.17, 15) is 0 Å². The summed E-state index contributed by atoms with van der Waals surface area (Å²) in [5, 5.41) is 3.45. The summed E-state index contributed by atoms with van der Waals surface area (Å²) in [7, 11) is 0. The first-order valence-corrected chi connectivity index (χ1v) is 7.81. The molecule has 0 aliphatic rings. The van der Waals surface area contributed by atoms with E-state index in [-0.39, 0.29) is 6.04 Å². The Kier molecular flexibility index (Phi) is 3.81. The largest absolute Gasteiger partial charge is 0.324 e. The molecule has 0 saturated carbocycles. The van der Waals surface area contributed by atoms with Crippen molar-refractivity contribution in [3.8, 4) is 0 Å². The van der Waals surface area contributed by atoms with Crippen LogP contribution in [0.15, 0.2) is 48.0 Å². The third-order valence-corrected chi connectivity index (χ3v) is 4.62. The van der Waals surface area contributed by atoms with Crippen LogP contribution in [0.3, 0.4) is 0 Å². The molecule has 2 N–H and O–H groups in total. The van der Waals surface area contributed by atoms with Gasteiger partial charge in [0.1, 0.15) is 0 Å². The second kappa shape index (κ2) is 5.73. The lowest BCUT2D eigenvalue weighted by molar-refractivity contribution is 0.713. The Balaban J connectivity index is 1.83. The van der Waals surface area contributed by atoms with E-state index in [2.05, 4.69) is 53.7 Å². The van der Waals surface area contributed by atoms with Gasteiger partial charge >= 0.3 is 0 Å². The van der Waals surface area contributed by atoms with Crippen molar-refractivity contribution in [2.45, 2.75) is 25.8 Å². The smallest absolute Gasteiger partial charge is 0.0422 e. The summed E-state index contributed by atoms with van der Waals surface area (Å²) in [5.41, 5.74) is 9.93. The highest BCUT2D eigenvalue weighted by atomic mass is 32.1. The van der Waals surface area contributed by atoms with Crippen LogP contribution in [-0.2, 0) is 12.8 Å². The maximum Gasteiger partial charge on any atom is 0.0422 e. The maximum absolute atomic E-state index is 6.37. The highest BCUT2D eigenvalue weighted by Crippen LogP contribution is 2.30. The number of benzene rings is 1. The molecule has 2 aromatic heterocycles. The average molecular weight is 282 g/mol. The van der Waals surface area contributed by atoms with Crippen molar-refractivity contribution in [1.82, 2.24) is 4.98 Å². The van der Waals surface area contributed by atoms with Crippen LogP contribution < -0.4 is 5.73 Å². The summed E-state index contributed by atoms with van der Waals surface area (Å²) in [5.74, 6) is 0.